The minimum absolute atomic E-state index is 0.260. The number of para-hydroxylation sites is 1. The smallest absolute Gasteiger partial charge is 0.132 e. The molecule has 0 aliphatic carbocycles. The average molecular weight is 224 g/mol. The molecule has 0 unspecified atom stereocenters. The number of methoxy groups -OCH3 is 1. The summed E-state index contributed by atoms with van der Waals surface area (Å²) in [6.45, 7) is 0. The van der Waals surface area contributed by atoms with E-state index in [-0.39, 0.29) is 5.84 Å². The van der Waals surface area contributed by atoms with Crippen molar-refractivity contribution >= 4 is 17.6 Å². The van der Waals surface area contributed by atoms with Crippen LogP contribution in [0.5, 0.6) is 5.75 Å². The van der Waals surface area contributed by atoms with Gasteiger partial charge in [0.05, 0.1) is 12.9 Å². The summed E-state index contributed by atoms with van der Waals surface area (Å²) in [6.07, 6.45) is 1.60. The summed E-state index contributed by atoms with van der Waals surface area (Å²) in [4.78, 5) is 1.14. The Kier molecular flexibility index (Phi) is 5.04. The molecule has 15 heavy (non-hydrogen) atoms. The Labute approximate surface area is 94.5 Å². The molecule has 1 aromatic rings. The summed E-state index contributed by atoms with van der Waals surface area (Å²) in [6, 6.07) is 7.94. The zero-order chi connectivity index (χ0) is 11.1. The Morgan fingerprint density at radius 3 is 2.87 bits per heavy atom. The fourth-order valence-electron chi connectivity index (χ4n) is 1.18. The van der Waals surface area contributed by atoms with Crippen LogP contribution in [-0.2, 0) is 0 Å². The second-order valence-corrected chi connectivity index (χ2v) is 4.26. The first-order chi connectivity index (χ1) is 7.24. The minimum Gasteiger partial charge on any atom is -0.496 e. The molecule has 0 radical (unpaired) electrons. The van der Waals surface area contributed by atoms with Crippen LogP contribution in [0.25, 0.3) is 0 Å². The van der Waals surface area contributed by atoms with Crippen LogP contribution in [0.3, 0.4) is 0 Å². The van der Waals surface area contributed by atoms with Crippen molar-refractivity contribution in [2.75, 3.05) is 12.9 Å². The number of thioether (sulfide) groups is 1. The van der Waals surface area contributed by atoms with Gasteiger partial charge >= 0.3 is 0 Å². The van der Waals surface area contributed by atoms with Crippen molar-refractivity contribution in [1.29, 1.82) is 5.41 Å². The summed E-state index contributed by atoms with van der Waals surface area (Å²) in [5.74, 6) is 2.13. The van der Waals surface area contributed by atoms with Crippen molar-refractivity contribution in [2.45, 2.75) is 17.7 Å². The van der Waals surface area contributed by atoms with Gasteiger partial charge in [-0.2, -0.15) is 0 Å². The van der Waals surface area contributed by atoms with Crippen LogP contribution in [0.15, 0.2) is 29.2 Å². The van der Waals surface area contributed by atoms with E-state index in [2.05, 4.69) is 0 Å². The van der Waals surface area contributed by atoms with E-state index >= 15 is 0 Å². The largest absolute Gasteiger partial charge is 0.496 e. The third-order valence-corrected chi connectivity index (χ3v) is 3.06. The van der Waals surface area contributed by atoms with Gasteiger partial charge in [-0.05, 0) is 24.3 Å². The van der Waals surface area contributed by atoms with Crippen molar-refractivity contribution in [3.8, 4) is 5.75 Å². The molecule has 0 amide bonds. The Balaban J connectivity index is 2.39. The molecule has 1 aromatic carbocycles. The van der Waals surface area contributed by atoms with Crippen LogP contribution in [0, 0.1) is 5.41 Å². The second-order valence-electron chi connectivity index (χ2n) is 3.13. The molecular formula is C11H16N2OS. The van der Waals surface area contributed by atoms with Crippen LogP contribution in [0.1, 0.15) is 12.8 Å². The molecule has 0 atom stereocenters. The first-order valence-corrected chi connectivity index (χ1v) is 5.81. The lowest BCUT2D eigenvalue weighted by Crippen LogP contribution is -2.08. The van der Waals surface area contributed by atoms with Gasteiger partial charge in [-0.25, -0.2) is 0 Å². The third-order valence-electron chi connectivity index (χ3n) is 1.92. The van der Waals surface area contributed by atoms with Gasteiger partial charge in [0.1, 0.15) is 5.75 Å². The van der Waals surface area contributed by atoms with Crippen molar-refractivity contribution in [3.05, 3.63) is 24.3 Å². The summed E-state index contributed by atoms with van der Waals surface area (Å²) < 4.78 is 5.24. The summed E-state index contributed by atoms with van der Waals surface area (Å²) in [5, 5.41) is 7.10. The molecule has 0 bridgehead atoms. The van der Waals surface area contributed by atoms with E-state index in [1.807, 2.05) is 24.3 Å². The summed E-state index contributed by atoms with van der Waals surface area (Å²) >= 11 is 1.74. The molecule has 0 fully saturated rings. The van der Waals surface area contributed by atoms with Gasteiger partial charge in [0.25, 0.3) is 0 Å². The maximum atomic E-state index is 7.10. The number of nitrogens with two attached hydrogens (primary N) is 1. The van der Waals surface area contributed by atoms with Crippen LogP contribution in [0.2, 0.25) is 0 Å². The maximum absolute atomic E-state index is 7.10. The minimum atomic E-state index is 0.260. The van der Waals surface area contributed by atoms with Gasteiger partial charge in [0.15, 0.2) is 0 Å². The highest BCUT2D eigenvalue weighted by Crippen LogP contribution is 2.29. The van der Waals surface area contributed by atoms with E-state index in [0.717, 1.165) is 22.8 Å². The normalized spacial score (nSPS) is 9.93. The Morgan fingerprint density at radius 2 is 2.20 bits per heavy atom. The average Bonchev–Trinajstić information content (AvgIpc) is 2.24. The molecule has 0 aromatic heterocycles. The van der Waals surface area contributed by atoms with E-state index in [4.69, 9.17) is 15.9 Å². The Hall–Kier alpha value is -1.16. The Bertz CT molecular complexity index is 328. The molecule has 82 valence electrons. The van der Waals surface area contributed by atoms with Gasteiger partial charge in [0, 0.05) is 11.3 Å². The van der Waals surface area contributed by atoms with Crippen molar-refractivity contribution in [1.82, 2.24) is 0 Å². The van der Waals surface area contributed by atoms with Gasteiger partial charge in [-0.1, -0.05) is 12.1 Å². The van der Waals surface area contributed by atoms with Crippen molar-refractivity contribution in [2.24, 2.45) is 5.73 Å². The molecule has 0 aliphatic rings. The van der Waals surface area contributed by atoms with Gasteiger partial charge in [-0.3, -0.25) is 5.41 Å². The number of hydrogen-bond acceptors (Lipinski definition) is 3. The van der Waals surface area contributed by atoms with Crippen LogP contribution >= 0.6 is 11.8 Å². The molecule has 3 nitrogen and oxygen atoms in total. The monoisotopic (exact) mass is 224 g/mol. The second kappa shape index (κ2) is 6.35. The number of nitrogens with one attached hydrogen (secondary N) is 1. The zero-order valence-electron chi connectivity index (χ0n) is 8.82. The van der Waals surface area contributed by atoms with Crippen LogP contribution in [0.4, 0.5) is 0 Å². The first-order valence-electron chi connectivity index (χ1n) is 4.82. The molecule has 0 aliphatic heterocycles. The maximum Gasteiger partial charge on any atom is 0.132 e. The standard InChI is InChI=1S/C11H16N2OS/c1-14-9-5-2-3-6-10(9)15-8-4-7-11(12)13/h2-3,5-6H,4,7-8H2,1H3,(H3,12,13). The SMILES string of the molecule is COc1ccccc1SCCCC(=N)N. The number of rotatable bonds is 6. The number of benzene rings is 1. The Morgan fingerprint density at radius 1 is 1.47 bits per heavy atom. The lowest BCUT2D eigenvalue weighted by Gasteiger charge is -2.06. The highest BCUT2D eigenvalue weighted by Gasteiger charge is 2.01. The number of hydrogen-bond donors (Lipinski definition) is 2. The molecule has 3 N–H and O–H groups in total. The predicted octanol–water partition coefficient (Wildman–Crippen LogP) is 2.50. The molecule has 4 heteroatoms. The third kappa shape index (κ3) is 4.25. The molecule has 0 saturated carbocycles. The van der Waals surface area contributed by atoms with Crippen LogP contribution in [-0.4, -0.2) is 18.7 Å². The lowest BCUT2D eigenvalue weighted by molar-refractivity contribution is 0.405. The quantitative estimate of drug-likeness (QED) is 0.338. The van der Waals surface area contributed by atoms with Gasteiger partial charge < -0.3 is 10.5 Å². The topological polar surface area (TPSA) is 59.1 Å². The summed E-state index contributed by atoms with van der Waals surface area (Å²) in [7, 11) is 1.68. The fraction of sp³-hybridized carbons (Fsp3) is 0.364. The lowest BCUT2D eigenvalue weighted by atomic mass is 10.3. The molecule has 1 rings (SSSR count). The van der Waals surface area contributed by atoms with E-state index in [0.29, 0.717) is 6.42 Å². The van der Waals surface area contributed by atoms with Crippen molar-refractivity contribution < 1.29 is 4.74 Å². The molecule has 0 spiro atoms. The molecule has 0 saturated heterocycles. The van der Waals surface area contributed by atoms with E-state index < -0.39 is 0 Å². The van der Waals surface area contributed by atoms with E-state index in [1.54, 1.807) is 18.9 Å². The van der Waals surface area contributed by atoms with Crippen molar-refractivity contribution in [3.63, 3.8) is 0 Å². The summed E-state index contributed by atoms with van der Waals surface area (Å²) in [5.41, 5.74) is 5.28. The van der Waals surface area contributed by atoms with E-state index in [1.165, 1.54) is 0 Å². The molecular weight excluding hydrogens is 208 g/mol. The fourth-order valence-corrected chi connectivity index (χ4v) is 2.16. The highest BCUT2D eigenvalue weighted by molar-refractivity contribution is 7.99. The van der Waals surface area contributed by atoms with Gasteiger partial charge in [0.2, 0.25) is 0 Å². The predicted molar refractivity (Wildman–Crippen MR) is 64.9 cm³/mol. The van der Waals surface area contributed by atoms with E-state index in [9.17, 15) is 0 Å². The number of amidine groups is 1. The zero-order valence-corrected chi connectivity index (χ0v) is 9.64. The number of ether oxygens (including phenoxy) is 1. The van der Waals surface area contributed by atoms with Crippen LogP contribution < -0.4 is 10.5 Å². The highest BCUT2D eigenvalue weighted by atomic mass is 32.2. The molecule has 0 heterocycles. The first kappa shape index (κ1) is 11.9. The van der Waals surface area contributed by atoms with Gasteiger partial charge in [-0.15, -0.1) is 11.8 Å².